The van der Waals surface area contributed by atoms with Crippen molar-refractivity contribution in [1.29, 1.82) is 0 Å². The van der Waals surface area contributed by atoms with Crippen LogP contribution in [0.5, 0.6) is 0 Å². The maximum absolute atomic E-state index is 5.62. The monoisotopic (exact) mass is 250 g/mol. The van der Waals surface area contributed by atoms with Crippen LogP contribution >= 0.6 is 0 Å². The molecule has 4 heteroatoms. The fraction of sp³-hybridized carbons (Fsp3) is 0.643. The molecule has 0 unspecified atom stereocenters. The Labute approximate surface area is 111 Å². The van der Waals surface area contributed by atoms with E-state index in [4.69, 9.17) is 5.73 Å². The predicted molar refractivity (Wildman–Crippen MR) is 76.3 cm³/mol. The van der Waals surface area contributed by atoms with Gasteiger partial charge in [-0.2, -0.15) is 0 Å². The van der Waals surface area contributed by atoms with Crippen molar-refractivity contribution in [2.45, 2.75) is 26.4 Å². The summed E-state index contributed by atoms with van der Waals surface area (Å²) in [5.74, 6) is 0. The summed E-state index contributed by atoms with van der Waals surface area (Å²) < 4.78 is 0. The lowest BCUT2D eigenvalue weighted by molar-refractivity contribution is 0.234. The third-order valence-corrected chi connectivity index (χ3v) is 2.90. The third kappa shape index (κ3) is 5.58. The van der Waals surface area contributed by atoms with Crippen LogP contribution in [0.3, 0.4) is 0 Å². The van der Waals surface area contributed by atoms with Gasteiger partial charge < -0.3 is 10.6 Å². The van der Waals surface area contributed by atoms with Crippen molar-refractivity contribution >= 4 is 0 Å². The lowest BCUT2D eigenvalue weighted by atomic mass is 10.2. The van der Waals surface area contributed by atoms with Gasteiger partial charge in [0, 0.05) is 32.4 Å². The molecule has 0 spiro atoms. The average Bonchev–Trinajstić information content (AvgIpc) is 2.36. The van der Waals surface area contributed by atoms with Crippen LogP contribution in [0.1, 0.15) is 24.6 Å². The molecule has 0 aliphatic carbocycles. The highest BCUT2D eigenvalue weighted by molar-refractivity contribution is 5.16. The number of likely N-dealkylation sites (N-methyl/N-ethyl adjacent to an activating group) is 1. The van der Waals surface area contributed by atoms with E-state index in [0.29, 0.717) is 6.54 Å². The van der Waals surface area contributed by atoms with E-state index in [1.807, 2.05) is 6.20 Å². The summed E-state index contributed by atoms with van der Waals surface area (Å²) in [6.07, 6.45) is 3.04. The van der Waals surface area contributed by atoms with Crippen LogP contribution in [-0.2, 0) is 13.1 Å². The molecular weight excluding hydrogens is 224 g/mol. The molecule has 0 fully saturated rings. The molecule has 1 heterocycles. The standard InChI is InChI=1S/C14H26N4/c1-4-7-18(9-8-17(2)3)12-13-5-6-16-14(10-13)11-15/h5-6,10H,4,7-9,11-12,15H2,1-3H3. The first-order valence-electron chi connectivity index (χ1n) is 6.66. The summed E-state index contributed by atoms with van der Waals surface area (Å²) in [5, 5.41) is 0. The molecule has 1 aromatic rings. The van der Waals surface area contributed by atoms with Crippen molar-refractivity contribution in [1.82, 2.24) is 14.8 Å². The van der Waals surface area contributed by atoms with E-state index in [2.05, 4.69) is 47.9 Å². The number of hydrogen-bond donors (Lipinski definition) is 1. The molecule has 102 valence electrons. The molecule has 0 aliphatic heterocycles. The van der Waals surface area contributed by atoms with Gasteiger partial charge in [0.15, 0.2) is 0 Å². The Morgan fingerprint density at radius 2 is 2.00 bits per heavy atom. The zero-order valence-electron chi connectivity index (χ0n) is 11.9. The van der Waals surface area contributed by atoms with Gasteiger partial charge >= 0.3 is 0 Å². The molecule has 2 N–H and O–H groups in total. The first-order valence-corrected chi connectivity index (χ1v) is 6.66. The molecular formula is C14H26N4. The topological polar surface area (TPSA) is 45.4 Å². The number of nitrogens with zero attached hydrogens (tertiary/aromatic N) is 3. The van der Waals surface area contributed by atoms with Crippen LogP contribution < -0.4 is 5.73 Å². The predicted octanol–water partition coefficient (Wildman–Crippen LogP) is 1.31. The minimum absolute atomic E-state index is 0.513. The van der Waals surface area contributed by atoms with Crippen molar-refractivity contribution in [2.75, 3.05) is 33.7 Å². The van der Waals surface area contributed by atoms with Crippen molar-refractivity contribution in [3.8, 4) is 0 Å². The fourth-order valence-corrected chi connectivity index (χ4v) is 1.92. The summed E-state index contributed by atoms with van der Waals surface area (Å²) in [6.45, 7) is 7.04. The Balaban J connectivity index is 2.57. The largest absolute Gasteiger partial charge is 0.325 e. The average molecular weight is 250 g/mol. The highest BCUT2D eigenvalue weighted by Crippen LogP contribution is 2.06. The number of nitrogens with two attached hydrogens (primary N) is 1. The summed E-state index contributed by atoms with van der Waals surface area (Å²) in [6, 6.07) is 4.19. The van der Waals surface area contributed by atoms with E-state index in [-0.39, 0.29) is 0 Å². The first-order chi connectivity index (χ1) is 8.65. The van der Waals surface area contributed by atoms with Crippen molar-refractivity contribution < 1.29 is 0 Å². The molecule has 0 aliphatic rings. The minimum atomic E-state index is 0.513. The summed E-state index contributed by atoms with van der Waals surface area (Å²) >= 11 is 0. The lowest BCUT2D eigenvalue weighted by Crippen LogP contribution is -2.32. The van der Waals surface area contributed by atoms with Crippen LogP contribution in [0.25, 0.3) is 0 Å². The molecule has 4 nitrogen and oxygen atoms in total. The van der Waals surface area contributed by atoms with Crippen molar-refractivity contribution in [3.63, 3.8) is 0 Å². The van der Waals surface area contributed by atoms with Gasteiger partial charge in [0.1, 0.15) is 0 Å². The van der Waals surface area contributed by atoms with Gasteiger partial charge in [-0.1, -0.05) is 6.92 Å². The molecule has 0 amide bonds. The second-order valence-electron chi connectivity index (χ2n) is 4.94. The van der Waals surface area contributed by atoms with E-state index < -0.39 is 0 Å². The molecule has 18 heavy (non-hydrogen) atoms. The Morgan fingerprint density at radius 3 is 2.61 bits per heavy atom. The van der Waals surface area contributed by atoms with E-state index >= 15 is 0 Å². The first kappa shape index (κ1) is 15.1. The SMILES string of the molecule is CCCN(CCN(C)C)Cc1ccnc(CN)c1. The Morgan fingerprint density at radius 1 is 1.22 bits per heavy atom. The van der Waals surface area contributed by atoms with Crippen LogP contribution in [0.15, 0.2) is 18.3 Å². The fourth-order valence-electron chi connectivity index (χ4n) is 1.92. The van der Waals surface area contributed by atoms with Crippen LogP contribution in [0.4, 0.5) is 0 Å². The van der Waals surface area contributed by atoms with E-state index in [9.17, 15) is 0 Å². The Hall–Kier alpha value is -0.970. The normalized spacial score (nSPS) is 11.4. The maximum Gasteiger partial charge on any atom is 0.0542 e. The van der Waals surface area contributed by atoms with E-state index in [0.717, 1.165) is 31.9 Å². The van der Waals surface area contributed by atoms with Gasteiger partial charge in [-0.25, -0.2) is 0 Å². The molecule has 1 rings (SSSR count). The van der Waals surface area contributed by atoms with E-state index in [1.54, 1.807) is 0 Å². The van der Waals surface area contributed by atoms with Gasteiger partial charge in [-0.3, -0.25) is 9.88 Å². The smallest absolute Gasteiger partial charge is 0.0542 e. The van der Waals surface area contributed by atoms with Crippen molar-refractivity contribution in [2.24, 2.45) is 5.73 Å². The lowest BCUT2D eigenvalue weighted by Gasteiger charge is -2.23. The Kier molecular flexibility index (Phi) is 6.86. The number of rotatable bonds is 8. The molecule has 0 aromatic carbocycles. The second kappa shape index (κ2) is 8.19. The maximum atomic E-state index is 5.62. The second-order valence-corrected chi connectivity index (χ2v) is 4.94. The van der Waals surface area contributed by atoms with Crippen molar-refractivity contribution in [3.05, 3.63) is 29.6 Å². The van der Waals surface area contributed by atoms with Gasteiger partial charge in [-0.05, 0) is 44.8 Å². The molecule has 0 bridgehead atoms. The van der Waals surface area contributed by atoms with E-state index in [1.165, 1.54) is 12.0 Å². The van der Waals surface area contributed by atoms with Crippen LogP contribution in [0, 0.1) is 0 Å². The zero-order valence-corrected chi connectivity index (χ0v) is 11.9. The van der Waals surface area contributed by atoms with Crippen LogP contribution in [-0.4, -0.2) is 48.5 Å². The molecule has 0 radical (unpaired) electrons. The quantitative estimate of drug-likeness (QED) is 0.756. The van der Waals surface area contributed by atoms with Gasteiger partial charge in [0.25, 0.3) is 0 Å². The van der Waals surface area contributed by atoms with Crippen LogP contribution in [0.2, 0.25) is 0 Å². The van der Waals surface area contributed by atoms with Gasteiger partial charge in [0.2, 0.25) is 0 Å². The van der Waals surface area contributed by atoms with Gasteiger partial charge in [0.05, 0.1) is 5.69 Å². The number of pyridine rings is 1. The molecule has 0 saturated heterocycles. The van der Waals surface area contributed by atoms with Gasteiger partial charge in [-0.15, -0.1) is 0 Å². The molecule has 0 atom stereocenters. The summed E-state index contributed by atoms with van der Waals surface area (Å²) in [5.41, 5.74) is 7.90. The Bertz CT molecular complexity index is 338. The molecule has 1 aromatic heterocycles. The zero-order chi connectivity index (χ0) is 13.4. The minimum Gasteiger partial charge on any atom is -0.325 e. The third-order valence-electron chi connectivity index (χ3n) is 2.90. The highest BCUT2D eigenvalue weighted by Gasteiger charge is 2.06. The number of aromatic nitrogens is 1. The number of hydrogen-bond acceptors (Lipinski definition) is 4. The summed E-state index contributed by atoms with van der Waals surface area (Å²) in [4.78, 5) is 8.94. The molecule has 0 saturated carbocycles. The summed E-state index contributed by atoms with van der Waals surface area (Å²) in [7, 11) is 4.23. The highest BCUT2D eigenvalue weighted by atomic mass is 15.2.